The number of hydrogen-bond acceptors (Lipinski definition) is 2. The summed E-state index contributed by atoms with van der Waals surface area (Å²) in [4.78, 5) is 7.29. The molecule has 3 nitrogen and oxygen atoms in total. The fourth-order valence-corrected chi connectivity index (χ4v) is 2.07. The quantitative estimate of drug-likeness (QED) is 0.700. The highest BCUT2D eigenvalue weighted by molar-refractivity contribution is 6.29. The largest absolute Gasteiger partial charge is 0.380 e. The van der Waals surface area contributed by atoms with Crippen molar-refractivity contribution in [2.45, 2.75) is 6.54 Å². The lowest BCUT2D eigenvalue weighted by Crippen LogP contribution is -1.98. The van der Waals surface area contributed by atoms with Gasteiger partial charge < -0.3 is 10.3 Å². The molecule has 0 saturated carbocycles. The van der Waals surface area contributed by atoms with Crippen LogP contribution in [0.25, 0.3) is 10.9 Å². The molecule has 0 bridgehead atoms. The minimum atomic E-state index is 0.507. The summed E-state index contributed by atoms with van der Waals surface area (Å²) in [6.07, 6.45) is 3.76. The van der Waals surface area contributed by atoms with Crippen LogP contribution in [0.2, 0.25) is 5.15 Å². The average Bonchev–Trinajstić information content (AvgIpc) is 2.82. The molecule has 2 heterocycles. The molecule has 3 rings (SSSR count). The number of hydrogen-bond donors (Lipinski definition) is 2. The first-order valence-electron chi connectivity index (χ1n) is 5.73. The average molecular weight is 258 g/mol. The van der Waals surface area contributed by atoms with E-state index in [0.29, 0.717) is 5.15 Å². The van der Waals surface area contributed by atoms with Gasteiger partial charge in [0, 0.05) is 23.6 Å². The zero-order valence-corrected chi connectivity index (χ0v) is 10.4. The maximum Gasteiger partial charge on any atom is 0.129 e. The van der Waals surface area contributed by atoms with Gasteiger partial charge in [-0.25, -0.2) is 4.98 Å². The van der Waals surface area contributed by atoms with Crippen LogP contribution in [0.15, 0.2) is 48.8 Å². The van der Waals surface area contributed by atoms with Gasteiger partial charge in [-0.05, 0) is 23.8 Å². The highest BCUT2D eigenvalue weighted by Gasteiger charge is 2.02. The summed E-state index contributed by atoms with van der Waals surface area (Å²) in [7, 11) is 0. The van der Waals surface area contributed by atoms with Gasteiger partial charge in [-0.2, -0.15) is 0 Å². The number of H-pyrrole nitrogens is 1. The van der Waals surface area contributed by atoms with E-state index in [1.165, 1.54) is 10.9 Å². The Morgan fingerprint density at radius 3 is 2.89 bits per heavy atom. The van der Waals surface area contributed by atoms with E-state index in [9.17, 15) is 0 Å². The summed E-state index contributed by atoms with van der Waals surface area (Å²) in [5.74, 6) is 0. The van der Waals surface area contributed by atoms with E-state index in [1.54, 1.807) is 12.3 Å². The van der Waals surface area contributed by atoms with Gasteiger partial charge >= 0.3 is 0 Å². The van der Waals surface area contributed by atoms with Crippen LogP contribution in [0.5, 0.6) is 0 Å². The molecule has 18 heavy (non-hydrogen) atoms. The maximum atomic E-state index is 5.75. The third-order valence-electron chi connectivity index (χ3n) is 2.89. The molecule has 1 aromatic carbocycles. The highest BCUT2D eigenvalue weighted by atomic mass is 35.5. The van der Waals surface area contributed by atoms with Crippen molar-refractivity contribution in [1.82, 2.24) is 9.97 Å². The molecule has 4 heteroatoms. The summed E-state index contributed by atoms with van der Waals surface area (Å²) < 4.78 is 0. The molecular formula is C14H12ClN3. The SMILES string of the molecule is Clc1ccc(NCc2c[nH]c3ccccc23)cn1. The minimum Gasteiger partial charge on any atom is -0.380 e. The molecule has 2 N–H and O–H groups in total. The summed E-state index contributed by atoms with van der Waals surface area (Å²) in [5, 5.41) is 5.07. The number of aromatic nitrogens is 2. The van der Waals surface area contributed by atoms with Gasteiger partial charge in [0.25, 0.3) is 0 Å². The predicted molar refractivity (Wildman–Crippen MR) is 74.9 cm³/mol. The third-order valence-corrected chi connectivity index (χ3v) is 3.11. The fourth-order valence-electron chi connectivity index (χ4n) is 1.96. The van der Waals surface area contributed by atoms with Crippen molar-refractivity contribution < 1.29 is 0 Å². The van der Waals surface area contributed by atoms with E-state index in [0.717, 1.165) is 17.7 Å². The van der Waals surface area contributed by atoms with Crippen LogP contribution in [0.3, 0.4) is 0 Å². The van der Waals surface area contributed by atoms with Gasteiger partial charge in [0.15, 0.2) is 0 Å². The van der Waals surface area contributed by atoms with Gasteiger partial charge in [0.1, 0.15) is 5.15 Å². The predicted octanol–water partition coefficient (Wildman–Crippen LogP) is 3.83. The standard InChI is InChI=1S/C14H12ClN3/c15-14-6-5-11(9-18-14)16-7-10-8-17-13-4-2-1-3-12(10)13/h1-6,8-9,16-17H,7H2. The maximum absolute atomic E-state index is 5.75. The number of pyridine rings is 1. The normalized spacial score (nSPS) is 10.7. The Bertz CT molecular complexity index is 658. The molecule has 90 valence electrons. The summed E-state index contributed by atoms with van der Waals surface area (Å²) in [5.41, 5.74) is 3.36. The smallest absolute Gasteiger partial charge is 0.129 e. The van der Waals surface area contributed by atoms with E-state index in [-0.39, 0.29) is 0 Å². The number of halogens is 1. The number of benzene rings is 1. The lowest BCUT2D eigenvalue weighted by atomic mass is 10.2. The molecule has 0 aliphatic carbocycles. The number of fused-ring (bicyclic) bond motifs is 1. The second kappa shape index (κ2) is 4.70. The zero-order chi connectivity index (χ0) is 12.4. The monoisotopic (exact) mass is 257 g/mol. The topological polar surface area (TPSA) is 40.7 Å². The molecule has 0 radical (unpaired) electrons. The van der Waals surface area contributed by atoms with Crippen LogP contribution in [-0.4, -0.2) is 9.97 Å². The van der Waals surface area contributed by atoms with Crippen molar-refractivity contribution in [1.29, 1.82) is 0 Å². The zero-order valence-electron chi connectivity index (χ0n) is 9.65. The van der Waals surface area contributed by atoms with Gasteiger partial charge in [0.2, 0.25) is 0 Å². The number of rotatable bonds is 3. The fraction of sp³-hybridized carbons (Fsp3) is 0.0714. The second-order valence-electron chi connectivity index (χ2n) is 4.08. The third kappa shape index (κ3) is 2.17. The summed E-state index contributed by atoms with van der Waals surface area (Å²) in [6.45, 7) is 0.757. The first kappa shape index (κ1) is 11.1. The van der Waals surface area contributed by atoms with E-state index in [2.05, 4.69) is 27.4 Å². The van der Waals surface area contributed by atoms with Gasteiger partial charge in [-0.1, -0.05) is 29.8 Å². The molecular weight excluding hydrogens is 246 g/mol. The molecule has 0 fully saturated rings. The Hall–Kier alpha value is -2.00. The van der Waals surface area contributed by atoms with E-state index in [4.69, 9.17) is 11.6 Å². The Kier molecular flexibility index (Phi) is 2.90. The molecule has 0 amide bonds. The number of nitrogens with zero attached hydrogens (tertiary/aromatic N) is 1. The van der Waals surface area contributed by atoms with Crippen LogP contribution in [-0.2, 0) is 6.54 Å². The van der Waals surface area contributed by atoms with Gasteiger partial charge in [0.05, 0.1) is 11.9 Å². The van der Waals surface area contributed by atoms with Crippen LogP contribution in [0.1, 0.15) is 5.56 Å². The molecule has 0 aliphatic heterocycles. The molecule has 3 aromatic rings. The number of anilines is 1. The summed E-state index contributed by atoms with van der Waals surface area (Å²) >= 11 is 5.75. The number of para-hydroxylation sites is 1. The van der Waals surface area contributed by atoms with E-state index in [1.807, 2.05) is 24.4 Å². The Balaban J connectivity index is 1.79. The van der Waals surface area contributed by atoms with Crippen LogP contribution in [0.4, 0.5) is 5.69 Å². The lowest BCUT2D eigenvalue weighted by Gasteiger charge is -2.04. The number of aromatic amines is 1. The van der Waals surface area contributed by atoms with Crippen LogP contribution in [0, 0.1) is 0 Å². The lowest BCUT2D eigenvalue weighted by molar-refractivity contribution is 1.15. The van der Waals surface area contributed by atoms with E-state index < -0.39 is 0 Å². The van der Waals surface area contributed by atoms with E-state index >= 15 is 0 Å². The number of nitrogens with one attached hydrogen (secondary N) is 2. The minimum absolute atomic E-state index is 0.507. The molecule has 0 saturated heterocycles. The summed E-state index contributed by atoms with van der Waals surface area (Å²) in [6, 6.07) is 12.0. The van der Waals surface area contributed by atoms with Crippen LogP contribution < -0.4 is 5.32 Å². The highest BCUT2D eigenvalue weighted by Crippen LogP contribution is 2.19. The van der Waals surface area contributed by atoms with Crippen molar-refractivity contribution in [3.8, 4) is 0 Å². The molecule has 2 aromatic heterocycles. The van der Waals surface area contributed by atoms with Crippen molar-refractivity contribution in [2.75, 3.05) is 5.32 Å². The van der Waals surface area contributed by atoms with Crippen molar-refractivity contribution >= 4 is 28.2 Å². The second-order valence-corrected chi connectivity index (χ2v) is 4.47. The molecule has 0 unspecified atom stereocenters. The molecule has 0 atom stereocenters. The van der Waals surface area contributed by atoms with Crippen molar-refractivity contribution in [3.05, 3.63) is 59.5 Å². The Morgan fingerprint density at radius 2 is 2.06 bits per heavy atom. The molecule has 0 spiro atoms. The Labute approximate surface area is 110 Å². The van der Waals surface area contributed by atoms with Crippen molar-refractivity contribution in [2.24, 2.45) is 0 Å². The van der Waals surface area contributed by atoms with Crippen molar-refractivity contribution in [3.63, 3.8) is 0 Å². The Morgan fingerprint density at radius 1 is 1.17 bits per heavy atom. The molecule has 0 aliphatic rings. The van der Waals surface area contributed by atoms with Gasteiger partial charge in [-0.15, -0.1) is 0 Å². The first-order chi connectivity index (χ1) is 8.83. The first-order valence-corrected chi connectivity index (χ1v) is 6.11. The van der Waals surface area contributed by atoms with Gasteiger partial charge in [-0.3, -0.25) is 0 Å². The van der Waals surface area contributed by atoms with Crippen LogP contribution >= 0.6 is 11.6 Å².